The van der Waals surface area contributed by atoms with E-state index in [0.29, 0.717) is 11.6 Å². The molecule has 0 bridgehead atoms. The molecule has 1 rings (SSSR count). The highest BCUT2D eigenvalue weighted by molar-refractivity contribution is 5.45. The van der Waals surface area contributed by atoms with Gasteiger partial charge in [-0.15, -0.1) is 0 Å². The highest BCUT2D eigenvalue weighted by Crippen LogP contribution is 2.26. The Bertz CT molecular complexity index is 388. The number of nitrogens with zero attached hydrogens (tertiary/aromatic N) is 2. The van der Waals surface area contributed by atoms with Gasteiger partial charge in [-0.1, -0.05) is 27.7 Å². The van der Waals surface area contributed by atoms with Crippen LogP contribution in [-0.4, -0.2) is 11.5 Å². The molecule has 0 radical (unpaired) electrons. The maximum Gasteiger partial charge on any atom is 0.142 e. The molecular weight excluding hydrogens is 198 g/mol. The Morgan fingerprint density at radius 2 is 2.19 bits per heavy atom. The van der Waals surface area contributed by atoms with Crippen molar-refractivity contribution < 1.29 is 0 Å². The summed E-state index contributed by atoms with van der Waals surface area (Å²) in [5.74, 6) is 0.609. The predicted octanol–water partition coefficient (Wildman–Crippen LogP) is 3.05. The SMILES string of the molecule is CC(C)C(C)(C)CNc1ccnc(C#N)c1. The maximum atomic E-state index is 8.74. The fourth-order valence-electron chi connectivity index (χ4n) is 1.14. The van der Waals surface area contributed by atoms with E-state index in [1.807, 2.05) is 12.1 Å². The van der Waals surface area contributed by atoms with Crippen LogP contribution in [0.3, 0.4) is 0 Å². The smallest absolute Gasteiger partial charge is 0.142 e. The zero-order valence-corrected chi connectivity index (χ0v) is 10.4. The molecule has 0 aliphatic carbocycles. The van der Waals surface area contributed by atoms with Crippen molar-refractivity contribution in [3.8, 4) is 6.07 Å². The van der Waals surface area contributed by atoms with Crippen LogP contribution in [0, 0.1) is 22.7 Å². The van der Waals surface area contributed by atoms with Gasteiger partial charge in [0.2, 0.25) is 0 Å². The number of nitriles is 1. The molecule has 0 aromatic carbocycles. The number of hydrogen-bond donors (Lipinski definition) is 1. The molecule has 86 valence electrons. The Hall–Kier alpha value is -1.56. The van der Waals surface area contributed by atoms with Crippen molar-refractivity contribution >= 4 is 5.69 Å². The molecule has 0 aliphatic rings. The quantitative estimate of drug-likeness (QED) is 0.843. The van der Waals surface area contributed by atoms with Gasteiger partial charge in [0.05, 0.1) is 0 Å². The van der Waals surface area contributed by atoms with E-state index in [1.165, 1.54) is 0 Å². The number of anilines is 1. The molecule has 1 heterocycles. The molecule has 0 aliphatic heterocycles. The Kier molecular flexibility index (Phi) is 3.89. The number of nitrogens with one attached hydrogen (secondary N) is 1. The monoisotopic (exact) mass is 217 g/mol. The highest BCUT2D eigenvalue weighted by atomic mass is 14.9. The third-order valence-electron chi connectivity index (χ3n) is 3.19. The lowest BCUT2D eigenvalue weighted by molar-refractivity contribution is 0.269. The van der Waals surface area contributed by atoms with Gasteiger partial charge in [-0.05, 0) is 23.5 Å². The van der Waals surface area contributed by atoms with Crippen molar-refractivity contribution in [2.45, 2.75) is 27.7 Å². The van der Waals surface area contributed by atoms with E-state index in [1.54, 1.807) is 12.3 Å². The van der Waals surface area contributed by atoms with Crippen molar-refractivity contribution in [1.82, 2.24) is 4.98 Å². The van der Waals surface area contributed by atoms with Crippen molar-refractivity contribution in [3.05, 3.63) is 24.0 Å². The Morgan fingerprint density at radius 3 is 2.75 bits per heavy atom. The summed E-state index contributed by atoms with van der Waals surface area (Å²) in [5, 5.41) is 12.1. The second kappa shape index (κ2) is 4.98. The Labute approximate surface area is 97.5 Å². The predicted molar refractivity (Wildman–Crippen MR) is 66.1 cm³/mol. The Balaban J connectivity index is 2.65. The van der Waals surface area contributed by atoms with Crippen LogP contribution in [-0.2, 0) is 0 Å². The first-order chi connectivity index (χ1) is 7.45. The van der Waals surface area contributed by atoms with Crippen LogP contribution >= 0.6 is 0 Å². The standard InChI is InChI=1S/C13H19N3/c1-10(2)13(3,4)9-16-11-5-6-15-12(7-11)8-14/h5-7,10H,9H2,1-4H3,(H,15,16). The summed E-state index contributed by atoms with van der Waals surface area (Å²) in [4.78, 5) is 3.94. The van der Waals surface area contributed by atoms with Gasteiger partial charge in [-0.25, -0.2) is 4.98 Å². The molecule has 1 aromatic heterocycles. The van der Waals surface area contributed by atoms with Gasteiger partial charge in [0.25, 0.3) is 0 Å². The molecular formula is C13H19N3. The lowest BCUT2D eigenvalue weighted by atomic mass is 9.81. The second-order valence-electron chi connectivity index (χ2n) is 5.04. The van der Waals surface area contributed by atoms with E-state index in [9.17, 15) is 0 Å². The molecule has 3 nitrogen and oxygen atoms in total. The molecule has 3 heteroatoms. The summed E-state index contributed by atoms with van der Waals surface area (Å²) in [6.45, 7) is 9.79. The van der Waals surface area contributed by atoms with Crippen LogP contribution in [0.2, 0.25) is 0 Å². The summed E-state index contributed by atoms with van der Waals surface area (Å²) >= 11 is 0. The van der Waals surface area contributed by atoms with Crippen molar-refractivity contribution in [3.63, 3.8) is 0 Å². The largest absolute Gasteiger partial charge is 0.384 e. The lowest BCUT2D eigenvalue weighted by Gasteiger charge is -2.29. The first-order valence-corrected chi connectivity index (χ1v) is 5.56. The summed E-state index contributed by atoms with van der Waals surface area (Å²) in [6.07, 6.45) is 1.66. The van der Waals surface area contributed by atoms with E-state index in [-0.39, 0.29) is 5.41 Å². The number of pyridine rings is 1. The molecule has 0 atom stereocenters. The van der Waals surface area contributed by atoms with Crippen LogP contribution in [0.5, 0.6) is 0 Å². The molecule has 0 fully saturated rings. The summed E-state index contributed by atoms with van der Waals surface area (Å²) in [5.41, 5.74) is 1.64. The minimum atomic E-state index is 0.232. The van der Waals surface area contributed by atoms with E-state index < -0.39 is 0 Å². The van der Waals surface area contributed by atoms with Crippen LogP contribution < -0.4 is 5.32 Å². The third-order valence-corrected chi connectivity index (χ3v) is 3.19. The van der Waals surface area contributed by atoms with Gasteiger partial charge >= 0.3 is 0 Å². The highest BCUT2D eigenvalue weighted by Gasteiger charge is 2.21. The van der Waals surface area contributed by atoms with Gasteiger partial charge in [-0.2, -0.15) is 5.26 Å². The van der Waals surface area contributed by atoms with Gasteiger partial charge in [-0.3, -0.25) is 0 Å². The molecule has 1 aromatic rings. The fourth-order valence-corrected chi connectivity index (χ4v) is 1.14. The lowest BCUT2D eigenvalue weighted by Crippen LogP contribution is -2.28. The second-order valence-corrected chi connectivity index (χ2v) is 5.04. The van der Waals surface area contributed by atoms with Gasteiger partial charge in [0, 0.05) is 18.4 Å². The normalized spacial score (nSPS) is 11.2. The van der Waals surface area contributed by atoms with Crippen LogP contribution in [0.25, 0.3) is 0 Å². The minimum Gasteiger partial charge on any atom is -0.384 e. The first kappa shape index (κ1) is 12.5. The summed E-state index contributed by atoms with van der Waals surface area (Å²) in [6, 6.07) is 5.70. The molecule has 0 saturated carbocycles. The van der Waals surface area contributed by atoms with Crippen molar-refractivity contribution in [2.24, 2.45) is 11.3 Å². The van der Waals surface area contributed by atoms with Gasteiger partial charge < -0.3 is 5.32 Å². The molecule has 0 spiro atoms. The molecule has 0 saturated heterocycles. The van der Waals surface area contributed by atoms with Crippen LogP contribution in [0.1, 0.15) is 33.4 Å². The number of aromatic nitrogens is 1. The van der Waals surface area contributed by atoms with Crippen LogP contribution in [0.15, 0.2) is 18.3 Å². The molecule has 0 amide bonds. The number of rotatable bonds is 4. The van der Waals surface area contributed by atoms with Gasteiger partial charge in [0.15, 0.2) is 0 Å². The summed E-state index contributed by atoms with van der Waals surface area (Å²) < 4.78 is 0. The average molecular weight is 217 g/mol. The average Bonchev–Trinajstić information content (AvgIpc) is 2.26. The topological polar surface area (TPSA) is 48.7 Å². The zero-order valence-electron chi connectivity index (χ0n) is 10.4. The van der Waals surface area contributed by atoms with Crippen LogP contribution in [0.4, 0.5) is 5.69 Å². The van der Waals surface area contributed by atoms with E-state index in [4.69, 9.17) is 5.26 Å². The first-order valence-electron chi connectivity index (χ1n) is 5.56. The fraction of sp³-hybridized carbons (Fsp3) is 0.538. The molecule has 0 unspecified atom stereocenters. The maximum absolute atomic E-state index is 8.74. The third kappa shape index (κ3) is 3.23. The van der Waals surface area contributed by atoms with Crippen molar-refractivity contribution in [1.29, 1.82) is 5.26 Å². The Morgan fingerprint density at radius 1 is 1.50 bits per heavy atom. The zero-order chi connectivity index (χ0) is 12.2. The molecule has 1 N–H and O–H groups in total. The van der Waals surface area contributed by atoms with E-state index >= 15 is 0 Å². The van der Waals surface area contributed by atoms with Crippen molar-refractivity contribution in [2.75, 3.05) is 11.9 Å². The molecule has 16 heavy (non-hydrogen) atoms. The van der Waals surface area contributed by atoms with E-state index in [2.05, 4.69) is 38.0 Å². The summed E-state index contributed by atoms with van der Waals surface area (Å²) in [7, 11) is 0. The number of hydrogen-bond acceptors (Lipinski definition) is 3. The minimum absolute atomic E-state index is 0.232. The van der Waals surface area contributed by atoms with Gasteiger partial charge in [0.1, 0.15) is 11.8 Å². The van der Waals surface area contributed by atoms with E-state index in [0.717, 1.165) is 12.2 Å².